The molecule has 0 saturated carbocycles. The van der Waals surface area contributed by atoms with Crippen molar-refractivity contribution in [3.63, 3.8) is 0 Å². The van der Waals surface area contributed by atoms with E-state index in [0.717, 1.165) is 0 Å². The fraction of sp³-hybridized carbons (Fsp3) is 0.867. The second-order valence-electron chi connectivity index (χ2n) is 7.09. The fourth-order valence-corrected chi connectivity index (χ4v) is 2.73. The van der Waals surface area contributed by atoms with Gasteiger partial charge in [0.1, 0.15) is 18.3 Å². The van der Waals surface area contributed by atoms with Gasteiger partial charge < -0.3 is 40.3 Å². The van der Waals surface area contributed by atoms with Crippen molar-refractivity contribution in [1.29, 1.82) is 0 Å². The van der Waals surface area contributed by atoms with Gasteiger partial charge in [0.25, 0.3) is 5.79 Å². The summed E-state index contributed by atoms with van der Waals surface area (Å²) in [7, 11) is 0. The van der Waals surface area contributed by atoms with Crippen molar-refractivity contribution in [1.82, 2.24) is 5.32 Å². The SMILES string of the molecule is CC(=O)N[C@@H]1[C@@H](O)CC(OC(C)(C)C)(C(=O)O)O[C@H]1C(O)C(O)CO. The van der Waals surface area contributed by atoms with Crippen molar-refractivity contribution in [2.75, 3.05) is 6.61 Å². The minimum Gasteiger partial charge on any atom is -0.477 e. The van der Waals surface area contributed by atoms with Crippen LogP contribution < -0.4 is 5.32 Å². The van der Waals surface area contributed by atoms with Crippen LogP contribution in [-0.4, -0.2) is 85.9 Å². The zero-order valence-corrected chi connectivity index (χ0v) is 14.7. The molecule has 6 atom stereocenters. The molecule has 0 spiro atoms. The molecule has 1 aliphatic heterocycles. The number of aliphatic hydroxyl groups is 4. The van der Waals surface area contributed by atoms with E-state index in [9.17, 15) is 30.0 Å². The van der Waals surface area contributed by atoms with E-state index >= 15 is 0 Å². The summed E-state index contributed by atoms with van der Waals surface area (Å²) in [6, 6.07) is -1.20. The lowest BCUT2D eigenvalue weighted by Gasteiger charge is -2.48. The zero-order valence-electron chi connectivity index (χ0n) is 14.7. The lowest BCUT2D eigenvalue weighted by molar-refractivity contribution is -0.333. The topological polar surface area (TPSA) is 166 Å². The molecule has 0 aromatic carbocycles. The Labute approximate surface area is 145 Å². The van der Waals surface area contributed by atoms with Crippen LogP contribution in [0, 0.1) is 0 Å². The summed E-state index contributed by atoms with van der Waals surface area (Å²) >= 11 is 0. The number of hydrogen-bond acceptors (Lipinski definition) is 8. The summed E-state index contributed by atoms with van der Waals surface area (Å²) in [6.07, 6.45) is -6.94. The van der Waals surface area contributed by atoms with E-state index in [1.807, 2.05) is 0 Å². The van der Waals surface area contributed by atoms with Gasteiger partial charge in [-0.3, -0.25) is 4.79 Å². The molecule has 3 unspecified atom stereocenters. The number of aliphatic hydroxyl groups excluding tert-OH is 4. The Kier molecular flexibility index (Phi) is 6.90. The predicted octanol–water partition coefficient (Wildman–Crippen LogP) is -2.05. The van der Waals surface area contributed by atoms with E-state index in [0.29, 0.717) is 0 Å². The van der Waals surface area contributed by atoms with Crippen LogP contribution in [0.4, 0.5) is 0 Å². The van der Waals surface area contributed by atoms with Gasteiger partial charge in [0, 0.05) is 13.3 Å². The van der Waals surface area contributed by atoms with Gasteiger partial charge in [-0.15, -0.1) is 0 Å². The molecule has 1 fully saturated rings. The quantitative estimate of drug-likeness (QED) is 0.311. The zero-order chi connectivity index (χ0) is 19.6. The number of aliphatic carboxylic acids is 1. The van der Waals surface area contributed by atoms with E-state index in [1.165, 1.54) is 6.92 Å². The van der Waals surface area contributed by atoms with Crippen LogP contribution in [0.1, 0.15) is 34.1 Å². The Morgan fingerprint density at radius 2 is 1.92 bits per heavy atom. The lowest BCUT2D eigenvalue weighted by atomic mass is 9.88. The highest BCUT2D eigenvalue weighted by molar-refractivity contribution is 5.76. The summed E-state index contributed by atoms with van der Waals surface area (Å²) in [5, 5.41) is 51.3. The average Bonchev–Trinajstić information content (AvgIpc) is 2.46. The Morgan fingerprint density at radius 3 is 2.32 bits per heavy atom. The maximum absolute atomic E-state index is 11.8. The van der Waals surface area contributed by atoms with Crippen molar-refractivity contribution < 1.29 is 44.6 Å². The van der Waals surface area contributed by atoms with Crippen LogP contribution in [0.5, 0.6) is 0 Å². The van der Waals surface area contributed by atoms with Gasteiger partial charge in [-0.25, -0.2) is 4.79 Å². The fourth-order valence-electron chi connectivity index (χ4n) is 2.73. The van der Waals surface area contributed by atoms with Crippen LogP contribution in [0.3, 0.4) is 0 Å². The van der Waals surface area contributed by atoms with Crippen LogP contribution in [-0.2, 0) is 19.1 Å². The third kappa shape index (κ3) is 5.33. The van der Waals surface area contributed by atoms with Crippen LogP contribution in [0.25, 0.3) is 0 Å². The molecule has 1 amide bonds. The van der Waals surface area contributed by atoms with Crippen molar-refractivity contribution in [3.05, 3.63) is 0 Å². The van der Waals surface area contributed by atoms with E-state index < -0.39 is 66.8 Å². The second-order valence-corrected chi connectivity index (χ2v) is 7.09. The molecule has 1 aliphatic rings. The molecule has 0 bridgehead atoms. The molecular formula is C15H27NO9. The van der Waals surface area contributed by atoms with Gasteiger partial charge in [-0.05, 0) is 20.8 Å². The van der Waals surface area contributed by atoms with Crippen molar-refractivity contribution >= 4 is 11.9 Å². The average molecular weight is 365 g/mol. The van der Waals surface area contributed by atoms with Crippen LogP contribution >= 0.6 is 0 Å². The van der Waals surface area contributed by atoms with E-state index in [1.54, 1.807) is 20.8 Å². The molecule has 1 saturated heterocycles. The molecule has 1 heterocycles. The molecule has 0 aliphatic carbocycles. The molecular weight excluding hydrogens is 338 g/mol. The minimum absolute atomic E-state index is 0.511. The molecule has 1 rings (SSSR count). The Bertz CT molecular complexity index is 492. The first-order chi connectivity index (χ1) is 11.3. The van der Waals surface area contributed by atoms with Gasteiger partial charge in [0.05, 0.1) is 24.4 Å². The van der Waals surface area contributed by atoms with Gasteiger partial charge in [0.15, 0.2) is 0 Å². The van der Waals surface area contributed by atoms with Crippen LogP contribution in [0.15, 0.2) is 0 Å². The highest BCUT2D eigenvalue weighted by Gasteiger charge is 2.56. The summed E-state index contributed by atoms with van der Waals surface area (Å²) in [5.41, 5.74) is -0.968. The van der Waals surface area contributed by atoms with Crippen LogP contribution in [0.2, 0.25) is 0 Å². The third-order valence-corrected chi connectivity index (χ3v) is 3.66. The Morgan fingerprint density at radius 1 is 1.36 bits per heavy atom. The van der Waals surface area contributed by atoms with Crippen molar-refractivity contribution in [3.8, 4) is 0 Å². The number of hydrogen-bond donors (Lipinski definition) is 6. The molecule has 0 aromatic heterocycles. The normalized spacial score (nSPS) is 32.7. The third-order valence-electron chi connectivity index (χ3n) is 3.66. The summed E-state index contributed by atoms with van der Waals surface area (Å²) in [4.78, 5) is 23.2. The number of rotatable bonds is 6. The maximum Gasteiger partial charge on any atom is 0.364 e. The van der Waals surface area contributed by atoms with Crippen molar-refractivity contribution in [2.24, 2.45) is 0 Å². The molecule has 6 N–H and O–H groups in total. The predicted molar refractivity (Wildman–Crippen MR) is 83.4 cm³/mol. The summed E-state index contributed by atoms with van der Waals surface area (Å²) in [5.74, 6) is -4.38. The number of carboxylic acid groups (broad SMARTS) is 1. The van der Waals surface area contributed by atoms with E-state index in [2.05, 4.69) is 5.32 Å². The largest absolute Gasteiger partial charge is 0.477 e. The molecule has 10 nitrogen and oxygen atoms in total. The second kappa shape index (κ2) is 7.94. The number of carbonyl (C=O) groups is 2. The first-order valence-electron chi connectivity index (χ1n) is 7.86. The van der Waals surface area contributed by atoms with Gasteiger partial charge in [-0.1, -0.05) is 0 Å². The number of carboxylic acids is 1. The first kappa shape index (κ1) is 21.7. The smallest absolute Gasteiger partial charge is 0.364 e. The van der Waals surface area contributed by atoms with Gasteiger partial charge in [0.2, 0.25) is 5.91 Å². The number of ether oxygens (including phenoxy) is 2. The number of amides is 1. The maximum atomic E-state index is 11.8. The molecule has 146 valence electrons. The molecule has 0 radical (unpaired) electrons. The monoisotopic (exact) mass is 365 g/mol. The lowest BCUT2D eigenvalue weighted by Crippen LogP contribution is -2.68. The summed E-state index contributed by atoms with van der Waals surface area (Å²) in [6.45, 7) is 5.09. The number of carbonyl (C=O) groups excluding carboxylic acids is 1. The molecule has 25 heavy (non-hydrogen) atoms. The highest BCUT2D eigenvalue weighted by atomic mass is 16.7. The molecule has 0 aromatic rings. The number of nitrogens with one attached hydrogen (secondary N) is 1. The Hall–Kier alpha value is -1.30. The van der Waals surface area contributed by atoms with Crippen molar-refractivity contribution in [2.45, 2.75) is 76.0 Å². The van der Waals surface area contributed by atoms with E-state index in [4.69, 9.17) is 14.6 Å². The van der Waals surface area contributed by atoms with Gasteiger partial charge in [-0.2, -0.15) is 0 Å². The highest BCUT2D eigenvalue weighted by Crippen LogP contribution is 2.36. The Balaban J connectivity index is 3.27. The van der Waals surface area contributed by atoms with E-state index in [-0.39, 0.29) is 0 Å². The molecule has 10 heteroatoms. The van der Waals surface area contributed by atoms with Gasteiger partial charge >= 0.3 is 5.97 Å². The minimum atomic E-state index is -2.30. The standard InChI is InChI=1S/C15H27NO9/c1-7(18)16-10-8(19)5-15(13(22)23,25-14(2,3)4)24-12(10)11(21)9(20)6-17/h8-12,17,19-21H,5-6H2,1-4H3,(H,16,18)(H,22,23)/t8-,9?,10+,11?,12+,15?/m0/s1. The summed E-state index contributed by atoms with van der Waals surface area (Å²) < 4.78 is 11.0. The first-order valence-corrected chi connectivity index (χ1v) is 7.86.